The highest BCUT2D eigenvalue weighted by atomic mass is 19.1. The predicted octanol–water partition coefficient (Wildman–Crippen LogP) is 5.15. The molecule has 0 spiro atoms. The average molecular weight is 541 g/mol. The molecule has 200 valence electrons. The van der Waals surface area contributed by atoms with Crippen LogP contribution < -0.4 is 15.6 Å². The van der Waals surface area contributed by atoms with Crippen molar-refractivity contribution in [3.05, 3.63) is 119 Å². The Bertz CT molecular complexity index is 1780. The van der Waals surface area contributed by atoms with Gasteiger partial charge in [-0.2, -0.15) is 0 Å². The van der Waals surface area contributed by atoms with Gasteiger partial charge in [0, 0.05) is 67.5 Å². The van der Waals surface area contributed by atoms with E-state index < -0.39 is 23.1 Å². The molecule has 11 heteroatoms. The van der Waals surface area contributed by atoms with Crippen molar-refractivity contribution in [2.45, 2.75) is 6.42 Å². The summed E-state index contributed by atoms with van der Waals surface area (Å²) in [5, 5.41) is 9.97. The van der Waals surface area contributed by atoms with Crippen molar-refractivity contribution >= 4 is 17.8 Å². The number of nitrogens with one attached hydrogen (secondary N) is 2. The second-order valence-electron chi connectivity index (χ2n) is 8.71. The number of hydrogen-bond acceptors (Lipinski definition) is 6. The van der Waals surface area contributed by atoms with E-state index in [0.29, 0.717) is 22.8 Å². The van der Waals surface area contributed by atoms with Crippen molar-refractivity contribution in [3.63, 3.8) is 0 Å². The van der Waals surface area contributed by atoms with E-state index in [0.717, 1.165) is 12.3 Å². The van der Waals surface area contributed by atoms with Crippen LogP contribution in [-0.4, -0.2) is 31.2 Å². The number of nitrogens with zero attached hydrogens (tertiary/aromatic N) is 4. The van der Waals surface area contributed by atoms with Crippen molar-refractivity contribution in [1.29, 1.82) is 5.41 Å². The van der Waals surface area contributed by atoms with Gasteiger partial charge in [-0.3, -0.25) is 19.1 Å². The summed E-state index contributed by atoms with van der Waals surface area (Å²) in [6, 6.07) is 13.6. The molecule has 0 fully saturated rings. The Kier molecular flexibility index (Phi) is 7.27. The highest BCUT2D eigenvalue weighted by Crippen LogP contribution is 2.31. The standard InChI is InChI=1S/C29H22F2N6O3/c1-36-14-12-33-27(36)18-15-26(24(10-11-32)34-17-18)40-25-9-6-20(16-23(25)31)35-28(38)22-3-2-13-37(29(22)39)21-7-4-19(30)5-8-21/h2-9,11-17,32H,10H2,1H3,(H,35,38). The molecule has 3 heterocycles. The highest BCUT2D eigenvalue weighted by Gasteiger charge is 2.17. The zero-order valence-corrected chi connectivity index (χ0v) is 21.1. The third-order valence-electron chi connectivity index (χ3n) is 6.01. The summed E-state index contributed by atoms with van der Waals surface area (Å²) in [7, 11) is 1.83. The van der Waals surface area contributed by atoms with Crippen LogP contribution in [0, 0.1) is 17.0 Å². The van der Waals surface area contributed by atoms with Crippen LogP contribution in [0.3, 0.4) is 0 Å². The lowest BCUT2D eigenvalue weighted by Gasteiger charge is -2.13. The third kappa shape index (κ3) is 5.39. The van der Waals surface area contributed by atoms with Gasteiger partial charge in [-0.05, 0) is 54.6 Å². The molecular formula is C29H22F2N6O3. The number of ether oxygens (including phenoxy) is 1. The summed E-state index contributed by atoms with van der Waals surface area (Å²) < 4.78 is 37.2. The lowest BCUT2D eigenvalue weighted by molar-refractivity contribution is 0.102. The van der Waals surface area contributed by atoms with Crippen LogP contribution in [0.5, 0.6) is 11.5 Å². The number of carbonyl (C=O) groups excluding carboxylic acids is 1. The number of carbonyl (C=O) groups is 1. The number of halogens is 2. The normalized spacial score (nSPS) is 10.8. The zero-order chi connectivity index (χ0) is 28.2. The molecule has 0 aliphatic heterocycles. The van der Waals surface area contributed by atoms with Gasteiger partial charge >= 0.3 is 0 Å². The van der Waals surface area contributed by atoms with Crippen LogP contribution in [0.4, 0.5) is 14.5 Å². The molecule has 0 radical (unpaired) electrons. The average Bonchev–Trinajstić information content (AvgIpc) is 3.37. The van der Waals surface area contributed by atoms with Gasteiger partial charge in [0.2, 0.25) is 0 Å². The smallest absolute Gasteiger partial charge is 0.267 e. The Morgan fingerprint density at radius 1 is 1.05 bits per heavy atom. The van der Waals surface area contributed by atoms with E-state index in [1.165, 1.54) is 59.3 Å². The number of aromatic nitrogens is 4. The van der Waals surface area contributed by atoms with Gasteiger partial charge in [-0.25, -0.2) is 13.8 Å². The molecule has 9 nitrogen and oxygen atoms in total. The number of rotatable bonds is 8. The van der Waals surface area contributed by atoms with E-state index in [2.05, 4.69) is 15.3 Å². The van der Waals surface area contributed by atoms with Crippen LogP contribution >= 0.6 is 0 Å². The van der Waals surface area contributed by atoms with E-state index in [4.69, 9.17) is 10.1 Å². The van der Waals surface area contributed by atoms with Crippen LogP contribution in [0.2, 0.25) is 0 Å². The van der Waals surface area contributed by atoms with Gasteiger partial charge in [0.25, 0.3) is 11.5 Å². The first-order valence-electron chi connectivity index (χ1n) is 12.1. The molecule has 0 aliphatic carbocycles. The summed E-state index contributed by atoms with van der Waals surface area (Å²) in [6.45, 7) is 0. The number of benzene rings is 2. The number of hydrogen-bond donors (Lipinski definition) is 2. The monoisotopic (exact) mass is 540 g/mol. The molecule has 3 aromatic heterocycles. The van der Waals surface area contributed by atoms with E-state index in [1.807, 2.05) is 7.05 Å². The van der Waals surface area contributed by atoms with Crippen molar-refractivity contribution in [1.82, 2.24) is 19.1 Å². The molecule has 2 N–H and O–H groups in total. The molecule has 5 aromatic rings. The molecule has 0 bridgehead atoms. The largest absolute Gasteiger partial charge is 0.452 e. The van der Waals surface area contributed by atoms with Crippen molar-refractivity contribution in [3.8, 4) is 28.6 Å². The van der Waals surface area contributed by atoms with Crippen LogP contribution in [0.15, 0.2) is 90.2 Å². The van der Waals surface area contributed by atoms with E-state index >= 15 is 4.39 Å². The minimum absolute atomic E-state index is 0.103. The summed E-state index contributed by atoms with van der Waals surface area (Å²) in [4.78, 5) is 34.5. The molecule has 2 aromatic carbocycles. The maximum absolute atomic E-state index is 15.1. The quantitative estimate of drug-likeness (QED) is 0.264. The Hall–Kier alpha value is -5.45. The highest BCUT2D eigenvalue weighted by molar-refractivity contribution is 6.04. The summed E-state index contributed by atoms with van der Waals surface area (Å²) >= 11 is 0. The number of imidazole rings is 1. The lowest BCUT2D eigenvalue weighted by Crippen LogP contribution is -2.27. The molecule has 0 atom stereocenters. The molecule has 0 saturated heterocycles. The molecule has 0 aliphatic rings. The lowest BCUT2D eigenvalue weighted by atomic mass is 10.2. The second-order valence-corrected chi connectivity index (χ2v) is 8.71. The summed E-state index contributed by atoms with van der Waals surface area (Å²) in [6.07, 6.45) is 7.83. The van der Waals surface area contributed by atoms with Crippen LogP contribution in [-0.2, 0) is 13.5 Å². The molecule has 5 rings (SSSR count). The molecular weight excluding hydrogens is 518 g/mol. The predicted molar refractivity (Wildman–Crippen MR) is 145 cm³/mol. The Balaban J connectivity index is 1.38. The fraction of sp³-hybridized carbons (Fsp3) is 0.0690. The number of pyridine rings is 2. The van der Waals surface area contributed by atoms with Crippen LogP contribution in [0.1, 0.15) is 16.1 Å². The van der Waals surface area contributed by atoms with Crippen molar-refractivity contribution < 1.29 is 18.3 Å². The Morgan fingerprint density at radius 3 is 2.55 bits per heavy atom. The molecule has 0 saturated carbocycles. The first kappa shape index (κ1) is 26.2. The minimum atomic E-state index is -0.766. The Labute approximate surface area is 226 Å². The maximum Gasteiger partial charge on any atom is 0.267 e. The number of anilines is 1. The van der Waals surface area contributed by atoms with Gasteiger partial charge in [0.15, 0.2) is 11.6 Å². The SMILES string of the molecule is Cn1ccnc1-c1cnc(CC=N)c(Oc2ccc(NC(=O)c3cccn(-c4ccc(F)cc4)c3=O)cc2F)c1. The topological polar surface area (TPSA) is 115 Å². The Morgan fingerprint density at radius 2 is 1.85 bits per heavy atom. The summed E-state index contributed by atoms with van der Waals surface area (Å²) in [5.41, 5.74) is 0.774. The van der Waals surface area contributed by atoms with E-state index in [-0.39, 0.29) is 29.2 Å². The van der Waals surface area contributed by atoms with Crippen LogP contribution in [0.25, 0.3) is 17.1 Å². The number of aryl methyl sites for hydroxylation is 1. The van der Waals surface area contributed by atoms with Crippen molar-refractivity contribution in [2.75, 3.05) is 5.32 Å². The van der Waals surface area contributed by atoms with Gasteiger partial charge < -0.3 is 20.0 Å². The minimum Gasteiger partial charge on any atom is -0.452 e. The second kappa shape index (κ2) is 11.1. The fourth-order valence-corrected chi connectivity index (χ4v) is 4.03. The maximum atomic E-state index is 15.1. The summed E-state index contributed by atoms with van der Waals surface area (Å²) in [5.74, 6) is -1.20. The van der Waals surface area contributed by atoms with E-state index in [9.17, 15) is 14.0 Å². The number of amides is 1. The first-order chi connectivity index (χ1) is 19.3. The molecule has 1 amide bonds. The third-order valence-corrected chi connectivity index (χ3v) is 6.01. The van der Waals surface area contributed by atoms with Gasteiger partial charge in [-0.1, -0.05) is 0 Å². The van der Waals surface area contributed by atoms with Gasteiger partial charge in [-0.15, -0.1) is 0 Å². The van der Waals surface area contributed by atoms with Crippen molar-refractivity contribution in [2.24, 2.45) is 7.05 Å². The van der Waals surface area contributed by atoms with Gasteiger partial charge in [0.1, 0.15) is 23.0 Å². The van der Waals surface area contributed by atoms with Gasteiger partial charge in [0.05, 0.1) is 5.69 Å². The fourth-order valence-electron chi connectivity index (χ4n) is 4.03. The molecule has 0 unspecified atom stereocenters. The van der Waals surface area contributed by atoms with E-state index in [1.54, 1.807) is 29.2 Å². The zero-order valence-electron chi connectivity index (χ0n) is 21.1. The molecule has 40 heavy (non-hydrogen) atoms. The first-order valence-corrected chi connectivity index (χ1v) is 12.1.